The Bertz CT molecular complexity index is 692. The molecule has 0 aliphatic carbocycles. The van der Waals surface area contributed by atoms with Gasteiger partial charge in [-0.05, 0) is 25.1 Å². The second-order valence-corrected chi connectivity index (χ2v) is 6.57. The number of hydrogen-bond acceptors (Lipinski definition) is 6. The van der Waals surface area contributed by atoms with Gasteiger partial charge in [0.05, 0.1) is 19.5 Å². The number of carbonyl (C=O) groups excluding carboxylic acids is 2. The average molecular weight is 364 g/mol. The maximum atomic E-state index is 12.2. The molecule has 9 heteroatoms. The zero-order chi connectivity index (χ0) is 18.2. The maximum absolute atomic E-state index is 12.2. The minimum Gasteiger partial charge on any atom is -0.481 e. The van der Waals surface area contributed by atoms with Crippen LogP contribution >= 0.6 is 11.8 Å². The van der Waals surface area contributed by atoms with E-state index >= 15 is 0 Å². The Morgan fingerprint density at radius 1 is 1.36 bits per heavy atom. The van der Waals surface area contributed by atoms with E-state index in [0.717, 1.165) is 23.2 Å². The summed E-state index contributed by atoms with van der Waals surface area (Å²) in [5, 5.41) is 17.7. The van der Waals surface area contributed by atoms with Crippen molar-refractivity contribution in [3.8, 4) is 0 Å². The van der Waals surface area contributed by atoms with Gasteiger partial charge in [-0.3, -0.25) is 19.4 Å². The number of carboxylic acid groups (broad SMARTS) is 1. The van der Waals surface area contributed by atoms with E-state index in [9.17, 15) is 14.4 Å². The lowest BCUT2D eigenvalue weighted by Crippen LogP contribution is -2.41. The van der Waals surface area contributed by atoms with Crippen molar-refractivity contribution in [1.82, 2.24) is 10.6 Å². The molecule has 2 rings (SSSR count). The first-order chi connectivity index (χ1) is 11.9. The highest BCUT2D eigenvalue weighted by Crippen LogP contribution is 2.17. The Morgan fingerprint density at radius 2 is 2.16 bits per heavy atom. The first-order valence-corrected chi connectivity index (χ1v) is 8.76. The molecule has 0 bridgehead atoms. The Kier molecular flexibility index (Phi) is 6.81. The quantitative estimate of drug-likeness (QED) is 0.571. The molecule has 8 nitrogen and oxygen atoms in total. The summed E-state index contributed by atoms with van der Waals surface area (Å²) in [4.78, 5) is 38.7. The van der Waals surface area contributed by atoms with E-state index in [1.54, 1.807) is 36.9 Å². The molecule has 0 spiro atoms. The summed E-state index contributed by atoms with van der Waals surface area (Å²) in [6.45, 7) is 2.15. The molecule has 0 fully saturated rings. The third kappa shape index (κ3) is 6.46. The van der Waals surface area contributed by atoms with Crippen LogP contribution in [0.1, 0.15) is 23.7 Å². The fourth-order valence-corrected chi connectivity index (χ4v) is 2.92. The topological polar surface area (TPSA) is 120 Å². The Hall–Kier alpha value is -2.55. The zero-order valence-electron chi connectivity index (χ0n) is 13.7. The molecule has 0 saturated heterocycles. The number of rotatable bonds is 7. The van der Waals surface area contributed by atoms with Gasteiger partial charge < -0.3 is 21.1 Å². The van der Waals surface area contributed by atoms with E-state index in [1.165, 1.54) is 0 Å². The first kappa shape index (κ1) is 18.8. The van der Waals surface area contributed by atoms with Crippen LogP contribution in [0.4, 0.5) is 5.69 Å². The number of anilines is 1. The largest absolute Gasteiger partial charge is 0.481 e. The number of aliphatic carboxylic acids is 1. The van der Waals surface area contributed by atoms with Crippen molar-refractivity contribution in [2.24, 2.45) is 4.99 Å². The Balaban J connectivity index is 1.84. The van der Waals surface area contributed by atoms with Gasteiger partial charge in [-0.1, -0.05) is 17.8 Å². The minimum atomic E-state index is -0.994. The minimum absolute atomic E-state index is 0.171. The fourth-order valence-electron chi connectivity index (χ4n) is 2.17. The number of aliphatic imine (C=N–C) groups is 1. The second-order valence-electron chi connectivity index (χ2n) is 5.49. The number of carbonyl (C=O) groups is 3. The Labute approximate surface area is 149 Å². The number of amidine groups is 1. The van der Waals surface area contributed by atoms with Crippen molar-refractivity contribution in [3.05, 3.63) is 29.8 Å². The van der Waals surface area contributed by atoms with Gasteiger partial charge >= 0.3 is 5.97 Å². The molecule has 1 aliphatic rings. The molecule has 2 amide bonds. The van der Waals surface area contributed by atoms with E-state index < -0.39 is 17.9 Å². The smallest absolute Gasteiger partial charge is 0.305 e. The van der Waals surface area contributed by atoms with Crippen molar-refractivity contribution >= 4 is 40.4 Å². The van der Waals surface area contributed by atoms with Crippen LogP contribution < -0.4 is 16.0 Å². The number of carboxylic acids is 1. The summed E-state index contributed by atoms with van der Waals surface area (Å²) >= 11 is 1.62. The number of amides is 2. The van der Waals surface area contributed by atoms with Crippen LogP contribution in [0.25, 0.3) is 0 Å². The van der Waals surface area contributed by atoms with Crippen molar-refractivity contribution < 1.29 is 19.5 Å². The maximum Gasteiger partial charge on any atom is 0.305 e. The standard InChI is InChI=1S/C16H20N4O4S/c1-10(7-14(22)23)19-13(21)9-18-15(24)11-3-2-4-12(8-11)20-16-17-5-6-25-16/h2-4,8,10H,5-7,9H2,1H3,(H,17,20)(H,18,24)(H,19,21)(H,22,23). The molecule has 0 aromatic heterocycles. The predicted octanol–water partition coefficient (Wildman–Crippen LogP) is 0.910. The molecule has 1 aromatic rings. The zero-order valence-corrected chi connectivity index (χ0v) is 14.6. The predicted molar refractivity (Wildman–Crippen MR) is 97.0 cm³/mol. The van der Waals surface area contributed by atoms with E-state index in [-0.39, 0.29) is 18.9 Å². The number of hydrogen-bond donors (Lipinski definition) is 4. The van der Waals surface area contributed by atoms with Crippen LogP contribution in [-0.2, 0) is 9.59 Å². The van der Waals surface area contributed by atoms with Crippen LogP contribution in [0.2, 0.25) is 0 Å². The highest BCUT2D eigenvalue weighted by atomic mass is 32.2. The lowest BCUT2D eigenvalue weighted by atomic mass is 10.2. The SMILES string of the molecule is CC(CC(=O)O)NC(=O)CNC(=O)c1cccc(NC2=NCCS2)c1. The van der Waals surface area contributed by atoms with Gasteiger partial charge in [0.1, 0.15) is 0 Å². The normalized spacial score (nSPS) is 14.4. The van der Waals surface area contributed by atoms with E-state index in [1.807, 2.05) is 6.07 Å². The van der Waals surface area contributed by atoms with Crippen molar-refractivity contribution in [2.75, 3.05) is 24.2 Å². The van der Waals surface area contributed by atoms with E-state index in [4.69, 9.17) is 5.11 Å². The molecule has 25 heavy (non-hydrogen) atoms. The summed E-state index contributed by atoms with van der Waals surface area (Å²) in [7, 11) is 0. The molecular formula is C16H20N4O4S. The second kappa shape index (κ2) is 9.07. The molecule has 1 atom stereocenters. The first-order valence-electron chi connectivity index (χ1n) is 7.77. The van der Waals surface area contributed by atoms with Gasteiger partial charge in [-0.2, -0.15) is 0 Å². The summed E-state index contributed by atoms with van der Waals surface area (Å²) < 4.78 is 0. The summed E-state index contributed by atoms with van der Waals surface area (Å²) in [5.41, 5.74) is 1.17. The summed E-state index contributed by atoms with van der Waals surface area (Å²) in [6, 6.07) is 6.40. The monoisotopic (exact) mass is 364 g/mol. The average Bonchev–Trinajstić information content (AvgIpc) is 3.05. The van der Waals surface area contributed by atoms with E-state index in [2.05, 4.69) is 20.9 Å². The van der Waals surface area contributed by atoms with Crippen molar-refractivity contribution in [3.63, 3.8) is 0 Å². The van der Waals surface area contributed by atoms with Crippen LogP contribution in [0.3, 0.4) is 0 Å². The number of nitrogens with one attached hydrogen (secondary N) is 3. The lowest BCUT2D eigenvalue weighted by Gasteiger charge is -2.12. The molecule has 1 aromatic carbocycles. The Morgan fingerprint density at radius 3 is 2.84 bits per heavy atom. The van der Waals surface area contributed by atoms with E-state index in [0.29, 0.717) is 5.56 Å². The molecule has 1 unspecified atom stereocenters. The van der Waals surface area contributed by atoms with Crippen LogP contribution in [0.15, 0.2) is 29.3 Å². The molecule has 1 aliphatic heterocycles. The molecule has 134 valence electrons. The van der Waals surface area contributed by atoms with Crippen molar-refractivity contribution in [1.29, 1.82) is 0 Å². The number of nitrogens with zero attached hydrogens (tertiary/aromatic N) is 1. The highest BCUT2D eigenvalue weighted by molar-refractivity contribution is 8.14. The van der Waals surface area contributed by atoms with Crippen LogP contribution in [0, 0.1) is 0 Å². The number of benzene rings is 1. The van der Waals surface area contributed by atoms with Crippen LogP contribution in [-0.4, -0.2) is 52.9 Å². The fraction of sp³-hybridized carbons (Fsp3) is 0.375. The van der Waals surface area contributed by atoms with Gasteiger partial charge in [0.15, 0.2) is 5.17 Å². The third-order valence-electron chi connectivity index (χ3n) is 3.26. The molecular weight excluding hydrogens is 344 g/mol. The highest BCUT2D eigenvalue weighted by Gasteiger charge is 2.13. The van der Waals surface area contributed by atoms with Gasteiger partial charge in [-0.15, -0.1) is 0 Å². The van der Waals surface area contributed by atoms with Gasteiger partial charge in [0.2, 0.25) is 5.91 Å². The molecule has 1 heterocycles. The van der Waals surface area contributed by atoms with Gasteiger partial charge in [0, 0.05) is 23.0 Å². The molecule has 0 saturated carbocycles. The third-order valence-corrected chi connectivity index (χ3v) is 4.15. The summed E-state index contributed by atoms with van der Waals surface area (Å²) in [6.07, 6.45) is -0.171. The molecule has 0 radical (unpaired) electrons. The van der Waals surface area contributed by atoms with Crippen LogP contribution in [0.5, 0.6) is 0 Å². The van der Waals surface area contributed by atoms with Gasteiger partial charge in [0.25, 0.3) is 5.91 Å². The van der Waals surface area contributed by atoms with Crippen molar-refractivity contribution in [2.45, 2.75) is 19.4 Å². The lowest BCUT2D eigenvalue weighted by molar-refractivity contribution is -0.137. The van der Waals surface area contributed by atoms with Gasteiger partial charge in [-0.25, -0.2) is 0 Å². The number of thioether (sulfide) groups is 1. The summed E-state index contributed by atoms with van der Waals surface area (Å²) in [5.74, 6) is -0.872. The molecule has 4 N–H and O–H groups in total.